The first-order chi connectivity index (χ1) is 9.02. The molecule has 19 heavy (non-hydrogen) atoms. The first-order valence-corrected chi connectivity index (χ1v) is 5.60. The summed E-state index contributed by atoms with van der Waals surface area (Å²) in [6.45, 7) is -0.288. The fourth-order valence-corrected chi connectivity index (χ4v) is 1.22. The summed E-state index contributed by atoms with van der Waals surface area (Å²) >= 11 is 0. The lowest BCUT2D eigenvalue weighted by atomic mass is 10.2. The number of hydrogen-bond acceptors (Lipinski definition) is 6. The summed E-state index contributed by atoms with van der Waals surface area (Å²) in [5.41, 5.74) is 11.5. The van der Waals surface area contributed by atoms with E-state index in [1.54, 1.807) is 12.1 Å². The van der Waals surface area contributed by atoms with Crippen LogP contribution in [0.2, 0.25) is 0 Å². The first-order valence-electron chi connectivity index (χ1n) is 5.60. The largest absolute Gasteiger partial charge is 0.399 e. The van der Waals surface area contributed by atoms with Gasteiger partial charge >= 0.3 is 11.9 Å². The molecule has 0 heterocycles. The third kappa shape index (κ3) is 5.17. The quantitative estimate of drug-likeness (QED) is 0.371. The van der Waals surface area contributed by atoms with Crippen LogP contribution in [0.5, 0.6) is 0 Å². The van der Waals surface area contributed by atoms with E-state index in [1.807, 2.05) is 0 Å². The minimum Gasteiger partial charge on any atom is -0.399 e. The molecule has 0 atom stereocenters. The SMILES string of the molecule is NCCC(=O)OC(=O)CNC(=O)c1ccc(N)cc1. The van der Waals surface area contributed by atoms with Crippen LogP contribution in [0.15, 0.2) is 24.3 Å². The Morgan fingerprint density at radius 2 is 1.74 bits per heavy atom. The molecule has 0 aromatic heterocycles. The molecule has 5 N–H and O–H groups in total. The fourth-order valence-electron chi connectivity index (χ4n) is 1.22. The van der Waals surface area contributed by atoms with Crippen LogP contribution in [0.1, 0.15) is 16.8 Å². The Labute approximate surface area is 109 Å². The molecule has 1 aromatic carbocycles. The Balaban J connectivity index is 2.40. The molecular weight excluding hydrogens is 250 g/mol. The molecule has 0 unspecified atom stereocenters. The van der Waals surface area contributed by atoms with Crippen LogP contribution in [0.4, 0.5) is 5.69 Å². The van der Waals surface area contributed by atoms with Crippen LogP contribution in [0.25, 0.3) is 0 Å². The average molecular weight is 265 g/mol. The number of ether oxygens (including phenoxy) is 1. The number of benzene rings is 1. The number of anilines is 1. The molecule has 7 heteroatoms. The van der Waals surface area contributed by atoms with Gasteiger partial charge in [-0.1, -0.05) is 0 Å². The van der Waals surface area contributed by atoms with Gasteiger partial charge in [-0.05, 0) is 24.3 Å². The Hall–Kier alpha value is -2.41. The number of carbonyl (C=O) groups excluding carboxylic acids is 3. The summed E-state index contributed by atoms with van der Waals surface area (Å²) in [4.78, 5) is 33.8. The number of rotatable bonds is 5. The number of carbonyl (C=O) groups is 3. The van der Waals surface area contributed by atoms with Crippen LogP contribution in [-0.4, -0.2) is 30.9 Å². The highest BCUT2D eigenvalue weighted by atomic mass is 16.6. The smallest absolute Gasteiger partial charge is 0.333 e. The predicted octanol–water partition coefficient (Wildman–Crippen LogP) is -0.583. The molecule has 1 amide bonds. The predicted molar refractivity (Wildman–Crippen MR) is 68.0 cm³/mol. The van der Waals surface area contributed by atoms with Crippen molar-refractivity contribution in [2.75, 3.05) is 18.8 Å². The normalized spacial score (nSPS) is 9.74. The van der Waals surface area contributed by atoms with Gasteiger partial charge in [-0.2, -0.15) is 0 Å². The maximum Gasteiger partial charge on any atom is 0.333 e. The summed E-state index contributed by atoms with van der Waals surface area (Å²) in [5, 5.41) is 2.33. The first kappa shape index (κ1) is 14.7. The third-order valence-electron chi connectivity index (χ3n) is 2.14. The van der Waals surface area contributed by atoms with E-state index >= 15 is 0 Å². The van der Waals surface area contributed by atoms with Crippen molar-refractivity contribution in [2.45, 2.75) is 6.42 Å². The maximum atomic E-state index is 11.6. The second-order valence-corrected chi connectivity index (χ2v) is 3.69. The summed E-state index contributed by atoms with van der Waals surface area (Å²) < 4.78 is 4.40. The molecule has 0 fully saturated rings. The molecule has 1 rings (SSSR count). The summed E-state index contributed by atoms with van der Waals surface area (Å²) in [5.74, 6) is -2.00. The van der Waals surface area contributed by atoms with E-state index in [0.29, 0.717) is 11.3 Å². The molecule has 0 saturated carbocycles. The Morgan fingerprint density at radius 3 is 2.32 bits per heavy atom. The van der Waals surface area contributed by atoms with Crippen molar-refractivity contribution in [1.82, 2.24) is 5.32 Å². The lowest BCUT2D eigenvalue weighted by Crippen LogP contribution is -2.32. The molecule has 1 aromatic rings. The highest BCUT2D eigenvalue weighted by Crippen LogP contribution is 2.04. The molecule has 0 aliphatic carbocycles. The van der Waals surface area contributed by atoms with Gasteiger partial charge in [-0.15, -0.1) is 0 Å². The van der Waals surface area contributed by atoms with E-state index in [4.69, 9.17) is 11.5 Å². The van der Waals surface area contributed by atoms with Gasteiger partial charge < -0.3 is 21.5 Å². The number of nitrogen functional groups attached to an aromatic ring is 1. The Bertz CT molecular complexity index is 470. The van der Waals surface area contributed by atoms with Crippen LogP contribution in [0, 0.1) is 0 Å². The van der Waals surface area contributed by atoms with Crippen LogP contribution < -0.4 is 16.8 Å². The zero-order chi connectivity index (χ0) is 14.3. The van der Waals surface area contributed by atoms with Gasteiger partial charge in [0.1, 0.15) is 6.54 Å². The lowest BCUT2D eigenvalue weighted by Gasteiger charge is -2.05. The van der Waals surface area contributed by atoms with Gasteiger partial charge in [0.25, 0.3) is 5.91 Å². The second-order valence-electron chi connectivity index (χ2n) is 3.69. The van der Waals surface area contributed by atoms with Gasteiger partial charge in [-0.3, -0.25) is 9.59 Å². The van der Waals surface area contributed by atoms with Crippen molar-refractivity contribution in [3.05, 3.63) is 29.8 Å². The van der Waals surface area contributed by atoms with Crippen LogP contribution in [-0.2, 0) is 14.3 Å². The number of esters is 2. The van der Waals surface area contributed by atoms with Gasteiger partial charge in [0.2, 0.25) is 0 Å². The van der Waals surface area contributed by atoms with Crippen molar-refractivity contribution in [1.29, 1.82) is 0 Å². The topological polar surface area (TPSA) is 125 Å². The van der Waals surface area contributed by atoms with Crippen molar-refractivity contribution in [3.63, 3.8) is 0 Å². The molecule has 0 aliphatic heterocycles. The van der Waals surface area contributed by atoms with E-state index in [-0.39, 0.29) is 19.5 Å². The average Bonchev–Trinajstić information content (AvgIpc) is 2.37. The van der Waals surface area contributed by atoms with Gasteiger partial charge in [-0.25, -0.2) is 4.79 Å². The minimum atomic E-state index is -0.831. The monoisotopic (exact) mass is 265 g/mol. The Morgan fingerprint density at radius 1 is 1.11 bits per heavy atom. The second kappa shape index (κ2) is 7.12. The van der Waals surface area contributed by atoms with Crippen molar-refractivity contribution in [2.24, 2.45) is 5.73 Å². The van der Waals surface area contributed by atoms with Crippen LogP contribution >= 0.6 is 0 Å². The van der Waals surface area contributed by atoms with Crippen molar-refractivity contribution in [3.8, 4) is 0 Å². The maximum absolute atomic E-state index is 11.6. The molecule has 0 saturated heterocycles. The molecular formula is C12H15N3O4. The van der Waals surface area contributed by atoms with E-state index in [0.717, 1.165) is 0 Å². The third-order valence-corrected chi connectivity index (χ3v) is 2.14. The number of hydrogen-bond donors (Lipinski definition) is 3. The van der Waals surface area contributed by atoms with Crippen LogP contribution in [0.3, 0.4) is 0 Å². The number of amides is 1. The number of nitrogens with one attached hydrogen (secondary N) is 1. The van der Waals surface area contributed by atoms with E-state index < -0.39 is 17.8 Å². The van der Waals surface area contributed by atoms with Crippen molar-refractivity contribution >= 4 is 23.5 Å². The standard InChI is InChI=1S/C12H15N3O4/c13-6-5-10(16)19-11(17)7-15-12(18)8-1-3-9(14)4-2-8/h1-4H,5-7,13-14H2,(H,15,18). The molecule has 0 radical (unpaired) electrons. The Kier molecular flexibility index (Phi) is 5.49. The van der Waals surface area contributed by atoms with Gasteiger partial charge in [0, 0.05) is 17.8 Å². The molecule has 0 aliphatic rings. The van der Waals surface area contributed by atoms with Gasteiger partial charge in [0.05, 0.1) is 6.42 Å². The van der Waals surface area contributed by atoms with Gasteiger partial charge in [0.15, 0.2) is 0 Å². The lowest BCUT2D eigenvalue weighted by molar-refractivity contribution is -0.158. The summed E-state index contributed by atoms with van der Waals surface area (Å²) in [6.07, 6.45) is -0.0440. The molecule has 0 bridgehead atoms. The molecule has 102 valence electrons. The minimum absolute atomic E-state index is 0.0440. The highest BCUT2D eigenvalue weighted by molar-refractivity contribution is 5.97. The molecule has 7 nitrogen and oxygen atoms in total. The number of nitrogens with two attached hydrogens (primary N) is 2. The van der Waals surface area contributed by atoms with E-state index in [2.05, 4.69) is 10.1 Å². The van der Waals surface area contributed by atoms with Crippen molar-refractivity contribution < 1.29 is 19.1 Å². The summed E-state index contributed by atoms with van der Waals surface area (Å²) in [7, 11) is 0. The van der Waals surface area contributed by atoms with E-state index in [1.165, 1.54) is 12.1 Å². The van der Waals surface area contributed by atoms with E-state index in [9.17, 15) is 14.4 Å². The fraction of sp³-hybridized carbons (Fsp3) is 0.250. The summed E-state index contributed by atoms with van der Waals surface area (Å²) in [6, 6.07) is 6.18. The zero-order valence-corrected chi connectivity index (χ0v) is 10.2. The molecule has 0 spiro atoms. The zero-order valence-electron chi connectivity index (χ0n) is 10.2. The highest BCUT2D eigenvalue weighted by Gasteiger charge is 2.12.